The highest BCUT2D eigenvalue weighted by Crippen LogP contribution is 2.27. The Kier molecular flexibility index (Phi) is 5.34. The first kappa shape index (κ1) is 21.1. The Morgan fingerprint density at radius 1 is 0.613 bits per heavy atom. The number of aromatic amines is 2. The third-order valence-corrected chi connectivity index (χ3v) is 7.22. The Hall–Kier alpha value is -3.14. The van der Waals surface area contributed by atoms with Crippen molar-refractivity contribution in [1.82, 2.24) is 9.97 Å². The van der Waals surface area contributed by atoms with Crippen LogP contribution in [0.2, 0.25) is 0 Å². The number of aromatic nitrogens is 2. The number of allylic oxidation sites excluding steroid dienone is 4. The van der Waals surface area contributed by atoms with E-state index in [9.17, 15) is 0 Å². The van der Waals surface area contributed by atoms with Crippen LogP contribution in [0.3, 0.4) is 0 Å². The van der Waals surface area contributed by atoms with Crippen LogP contribution in [-0.2, 0) is 6.42 Å². The first-order valence-corrected chi connectivity index (χ1v) is 11.0. The lowest BCUT2D eigenvalue weighted by Crippen LogP contribution is -2.64. The largest absolute Gasteiger partial charge is 0.358 e. The Bertz CT molecular complexity index is 1160. The zero-order chi connectivity index (χ0) is 22.4. The Balaban J connectivity index is 1.66. The van der Waals surface area contributed by atoms with E-state index in [-0.39, 0.29) is 0 Å². The maximum Gasteiger partial charge on any atom is 0.209 e. The summed E-state index contributed by atoms with van der Waals surface area (Å²) in [4.78, 5) is 14.2. The fourth-order valence-corrected chi connectivity index (χ4v) is 4.19. The number of hydrogen-bond donors (Lipinski definition) is 4. The van der Waals surface area contributed by atoms with Crippen LogP contribution in [0, 0.1) is 27.7 Å². The van der Waals surface area contributed by atoms with Crippen molar-refractivity contribution < 1.29 is 9.98 Å². The molecule has 4 N–H and O–H groups in total. The average Bonchev–Trinajstić information content (AvgIpc) is 3.40. The summed E-state index contributed by atoms with van der Waals surface area (Å²) in [6.45, 7) is 17.5. The number of nitrogens with one attached hydrogen (secondary N) is 4. The van der Waals surface area contributed by atoms with Gasteiger partial charge in [-0.1, -0.05) is 0 Å². The fraction of sp³-hybridized carbons (Fsp3) is 0.333. The summed E-state index contributed by atoms with van der Waals surface area (Å²) < 4.78 is 0. The zero-order valence-corrected chi connectivity index (χ0v) is 20.0. The van der Waals surface area contributed by atoms with Crippen LogP contribution < -0.4 is 9.98 Å². The van der Waals surface area contributed by atoms with Gasteiger partial charge in [-0.3, -0.25) is 0 Å². The van der Waals surface area contributed by atoms with Gasteiger partial charge < -0.3 is 9.97 Å². The minimum Gasteiger partial charge on any atom is -0.358 e. The van der Waals surface area contributed by atoms with Crippen molar-refractivity contribution in [2.75, 3.05) is 0 Å². The van der Waals surface area contributed by atoms with Crippen molar-refractivity contribution in [1.29, 1.82) is 0 Å². The molecule has 4 heterocycles. The maximum absolute atomic E-state index is 3.69. The van der Waals surface area contributed by atoms with Crippen LogP contribution in [0.1, 0.15) is 72.7 Å². The molecular weight excluding hydrogens is 380 g/mol. The SMILES string of the molecule is CC1=C(C)C(=Cc2[nH]c(Cc3[nH]c(C=C4[NH+]=CC(C)=C4C)c(C)c3C)c(C)c2C)[NH+]=C1. The molecule has 31 heavy (non-hydrogen) atoms. The normalized spacial score (nSPS) is 18.7. The molecule has 2 aromatic rings. The number of hydrogen-bond acceptors (Lipinski definition) is 0. The van der Waals surface area contributed by atoms with E-state index in [0.29, 0.717) is 0 Å². The molecule has 0 unspecified atom stereocenters. The van der Waals surface area contributed by atoms with Crippen LogP contribution in [0.15, 0.2) is 33.7 Å². The van der Waals surface area contributed by atoms with Gasteiger partial charge in [0.25, 0.3) is 0 Å². The molecule has 0 saturated carbocycles. The van der Waals surface area contributed by atoms with Gasteiger partial charge in [-0.25, -0.2) is 9.98 Å². The minimum absolute atomic E-state index is 0.868. The number of H-pyrrole nitrogens is 2. The quantitative estimate of drug-likeness (QED) is 0.595. The van der Waals surface area contributed by atoms with Crippen molar-refractivity contribution in [3.05, 3.63) is 78.7 Å². The van der Waals surface area contributed by atoms with Gasteiger partial charge in [0.15, 0.2) is 12.4 Å². The fourth-order valence-electron chi connectivity index (χ4n) is 4.19. The summed E-state index contributed by atoms with van der Waals surface area (Å²) in [6.07, 6.45) is 9.48. The van der Waals surface area contributed by atoms with Crippen molar-refractivity contribution in [2.24, 2.45) is 0 Å². The number of rotatable bonds is 4. The molecule has 0 radical (unpaired) electrons. The molecule has 2 aliphatic rings. The minimum atomic E-state index is 0.868. The highest BCUT2D eigenvalue weighted by molar-refractivity contribution is 5.80. The third-order valence-electron chi connectivity index (χ3n) is 7.22. The lowest BCUT2D eigenvalue weighted by atomic mass is 10.0. The van der Waals surface area contributed by atoms with Gasteiger partial charge in [-0.05, 0) is 77.6 Å². The Labute approximate surface area is 185 Å². The molecule has 4 rings (SSSR count). The average molecular weight is 415 g/mol. The van der Waals surface area contributed by atoms with E-state index in [2.05, 4.69) is 99.9 Å². The van der Waals surface area contributed by atoms with Crippen LogP contribution in [-0.4, -0.2) is 22.4 Å². The standard InChI is InChI=1S/C27H32N4/c1-14-12-28-22(16(14)3)9-24-18(5)20(7)26(30-24)11-27-21(8)19(6)25(31-27)10-23-17(4)15(2)13-29-23/h9-10,12-13,30-31H,11H2,1-8H3/p+2. The van der Waals surface area contributed by atoms with Gasteiger partial charge in [0.1, 0.15) is 0 Å². The predicted molar refractivity (Wildman–Crippen MR) is 130 cm³/mol. The van der Waals surface area contributed by atoms with Gasteiger partial charge in [0.2, 0.25) is 11.4 Å². The monoisotopic (exact) mass is 414 g/mol. The molecule has 2 aromatic heterocycles. The summed E-state index contributed by atoms with van der Waals surface area (Å²) in [5, 5.41) is 0. The van der Waals surface area contributed by atoms with E-state index in [1.807, 2.05) is 0 Å². The molecule has 0 aliphatic carbocycles. The van der Waals surface area contributed by atoms with E-state index in [1.54, 1.807) is 0 Å². The van der Waals surface area contributed by atoms with E-state index < -0.39 is 0 Å². The third kappa shape index (κ3) is 3.71. The summed E-state index contributed by atoms with van der Waals surface area (Å²) in [7, 11) is 0. The molecule has 0 amide bonds. The van der Waals surface area contributed by atoms with E-state index in [4.69, 9.17) is 0 Å². The highest BCUT2D eigenvalue weighted by Gasteiger charge is 2.20. The van der Waals surface area contributed by atoms with E-state index in [1.165, 1.54) is 78.7 Å². The van der Waals surface area contributed by atoms with Crippen LogP contribution in [0.4, 0.5) is 0 Å². The summed E-state index contributed by atoms with van der Waals surface area (Å²) in [6, 6.07) is 0. The van der Waals surface area contributed by atoms with Gasteiger partial charge in [0, 0.05) is 63.6 Å². The topological polar surface area (TPSA) is 59.5 Å². The molecule has 0 aromatic carbocycles. The molecule has 0 fully saturated rings. The molecule has 160 valence electrons. The maximum atomic E-state index is 3.69. The summed E-state index contributed by atoms with van der Waals surface area (Å²) >= 11 is 0. The van der Waals surface area contributed by atoms with Gasteiger partial charge in [-0.2, -0.15) is 0 Å². The molecule has 2 aliphatic heterocycles. The Morgan fingerprint density at radius 2 is 1.00 bits per heavy atom. The van der Waals surface area contributed by atoms with Crippen molar-refractivity contribution in [3.63, 3.8) is 0 Å². The second-order valence-electron chi connectivity index (χ2n) is 9.02. The van der Waals surface area contributed by atoms with Gasteiger partial charge in [-0.15, -0.1) is 0 Å². The second kappa shape index (κ2) is 7.84. The summed E-state index contributed by atoms with van der Waals surface area (Å²) in [5.41, 5.74) is 17.7. The second-order valence-corrected chi connectivity index (χ2v) is 9.02. The highest BCUT2D eigenvalue weighted by atomic mass is 14.8. The zero-order valence-electron chi connectivity index (χ0n) is 20.0. The van der Waals surface area contributed by atoms with Crippen molar-refractivity contribution in [3.8, 4) is 0 Å². The first-order valence-electron chi connectivity index (χ1n) is 11.0. The molecule has 4 nitrogen and oxygen atoms in total. The smallest absolute Gasteiger partial charge is 0.209 e. The molecular formula is C27H34N4+2. The summed E-state index contributed by atoms with van der Waals surface area (Å²) in [5.74, 6) is 0. The van der Waals surface area contributed by atoms with Crippen molar-refractivity contribution in [2.45, 2.75) is 61.8 Å². The van der Waals surface area contributed by atoms with Gasteiger partial charge >= 0.3 is 0 Å². The van der Waals surface area contributed by atoms with E-state index in [0.717, 1.165) is 6.42 Å². The van der Waals surface area contributed by atoms with E-state index >= 15 is 0 Å². The van der Waals surface area contributed by atoms with Crippen LogP contribution in [0.25, 0.3) is 12.2 Å². The molecule has 0 spiro atoms. The first-order chi connectivity index (χ1) is 14.7. The lowest BCUT2D eigenvalue weighted by molar-refractivity contribution is -0.381. The van der Waals surface area contributed by atoms with Crippen LogP contribution >= 0.6 is 0 Å². The predicted octanol–water partition coefficient (Wildman–Crippen LogP) is 2.85. The van der Waals surface area contributed by atoms with Crippen LogP contribution in [0.5, 0.6) is 0 Å². The molecule has 0 bridgehead atoms. The molecule has 0 atom stereocenters. The Morgan fingerprint density at radius 3 is 1.32 bits per heavy atom. The molecule has 4 heteroatoms. The lowest BCUT2D eigenvalue weighted by Gasteiger charge is -2.01. The van der Waals surface area contributed by atoms with Crippen molar-refractivity contribution >= 4 is 24.6 Å². The van der Waals surface area contributed by atoms with Gasteiger partial charge in [0.05, 0.1) is 0 Å². The molecule has 0 saturated heterocycles.